The van der Waals surface area contributed by atoms with E-state index in [1.54, 1.807) is 41.1 Å². The fourth-order valence-electron chi connectivity index (χ4n) is 2.34. The first kappa shape index (κ1) is 16.5. The van der Waals surface area contributed by atoms with Crippen LogP contribution >= 0.6 is 11.8 Å². The first-order chi connectivity index (χ1) is 12.0. The minimum absolute atomic E-state index is 0.00661. The van der Waals surface area contributed by atoms with Crippen LogP contribution in [-0.2, 0) is 4.79 Å². The van der Waals surface area contributed by atoms with Crippen molar-refractivity contribution in [2.75, 3.05) is 6.54 Å². The molecule has 8 heteroatoms. The molecule has 2 aromatic rings. The number of non-ortho nitro benzene ring substituents is 1. The van der Waals surface area contributed by atoms with Crippen molar-refractivity contribution in [3.63, 3.8) is 0 Å². The molecule has 124 valence electrons. The molecule has 1 saturated heterocycles. The summed E-state index contributed by atoms with van der Waals surface area (Å²) >= 11 is 0.831. The number of carbonyl (C=O) groups excluding carboxylic acids is 2. The number of nitrogens with zero attached hydrogens (tertiary/aromatic N) is 3. The van der Waals surface area contributed by atoms with Gasteiger partial charge in [0, 0.05) is 29.7 Å². The molecule has 1 fully saturated rings. The highest BCUT2D eigenvalue weighted by molar-refractivity contribution is 8.18. The molecule has 0 radical (unpaired) electrons. The van der Waals surface area contributed by atoms with Gasteiger partial charge in [-0.2, -0.15) is 0 Å². The van der Waals surface area contributed by atoms with Crippen LogP contribution in [0.3, 0.4) is 0 Å². The van der Waals surface area contributed by atoms with Gasteiger partial charge in [0.25, 0.3) is 16.8 Å². The molecule has 0 saturated carbocycles. The quantitative estimate of drug-likeness (QED) is 0.365. The summed E-state index contributed by atoms with van der Waals surface area (Å²) in [6.45, 7) is -0.0641. The molecule has 0 unspecified atom stereocenters. The van der Waals surface area contributed by atoms with E-state index in [9.17, 15) is 19.7 Å². The second kappa shape index (κ2) is 6.67. The summed E-state index contributed by atoms with van der Waals surface area (Å²) in [4.78, 5) is 35.6. The first-order valence-electron chi connectivity index (χ1n) is 7.12. The number of imide groups is 1. The summed E-state index contributed by atoms with van der Waals surface area (Å²) in [5.74, 6) is 1.86. The molecule has 1 aliphatic rings. The van der Waals surface area contributed by atoms with Crippen molar-refractivity contribution in [1.29, 1.82) is 0 Å². The maximum atomic E-state index is 12.2. The fraction of sp³-hybridized carbons (Fsp3) is 0.0588. The zero-order valence-corrected chi connectivity index (χ0v) is 13.6. The van der Waals surface area contributed by atoms with E-state index in [0.29, 0.717) is 11.4 Å². The van der Waals surface area contributed by atoms with E-state index in [1.807, 2.05) is 0 Å². The molecule has 1 aromatic heterocycles. The van der Waals surface area contributed by atoms with E-state index in [2.05, 4.69) is 5.92 Å². The predicted octanol–water partition coefficient (Wildman–Crippen LogP) is 3.06. The smallest absolute Gasteiger partial charge is 0.294 e. The molecule has 0 spiro atoms. The van der Waals surface area contributed by atoms with Crippen molar-refractivity contribution in [3.05, 3.63) is 63.3 Å². The van der Waals surface area contributed by atoms with E-state index >= 15 is 0 Å². The summed E-state index contributed by atoms with van der Waals surface area (Å²) in [6, 6.07) is 9.58. The van der Waals surface area contributed by atoms with E-state index < -0.39 is 16.1 Å². The topological polar surface area (TPSA) is 85.4 Å². The summed E-state index contributed by atoms with van der Waals surface area (Å²) in [5.41, 5.74) is 1.36. The number of amides is 2. The second-order valence-electron chi connectivity index (χ2n) is 5.05. The van der Waals surface area contributed by atoms with Crippen molar-refractivity contribution in [3.8, 4) is 18.0 Å². The van der Waals surface area contributed by atoms with Gasteiger partial charge in [0.1, 0.15) is 0 Å². The molecule has 2 amide bonds. The Balaban J connectivity index is 1.92. The molecule has 0 atom stereocenters. The minimum atomic E-state index is -0.470. The van der Waals surface area contributed by atoms with Crippen LogP contribution in [0.15, 0.2) is 47.5 Å². The zero-order valence-electron chi connectivity index (χ0n) is 12.8. The number of carbonyl (C=O) groups is 2. The van der Waals surface area contributed by atoms with Crippen molar-refractivity contribution in [2.45, 2.75) is 0 Å². The number of benzene rings is 1. The lowest BCUT2D eigenvalue weighted by molar-refractivity contribution is -0.384. The Morgan fingerprint density at radius 3 is 2.60 bits per heavy atom. The summed E-state index contributed by atoms with van der Waals surface area (Å²) in [7, 11) is 0. The van der Waals surface area contributed by atoms with Crippen molar-refractivity contribution in [1.82, 2.24) is 9.47 Å². The molecular weight excluding hydrogens is 342 g/mol. The van der Waals surface area contributed by atoms with Crippen molar-refractivity contribution < 1.29 is 14.5 Å². The highest BCUT2D eigenvalue weighted by atomic mass is 32.2. The molecule has 2 heterocycles. The minimum Gasteiger partial charge on any atom is -0.317 e. The number of terminal acetylenes is 1. The van der Waals surface area contributed by atoms with Crippen LogP contribution in [0, 0.1) is 22.5 Å². The molecule has 7 nitrogen and oxygen atoms in total. The molecule has 0 N–H and O–H groups in total. The lowest BCUT2D eigenvalue weighted by Gasteiger charge is -2.08. The van der Waals surface area contributed by atoms with E-state index in [0.717, 1.165) is 16.7 Å². The molecule has 1 aliphatic heterocycles. The lowest BCUT2D eigenvalue weighted by Crippen LogP contribution is -2.28. The van der Waals surface area contributed by atoms with Crippen molar-refractivity contribution in [2.24, 2.45) is 0 Å². The normalized spacial score (nSPS) is 15.6. The molecule has 25 heavy (non-hydrogen) atoms. The summed E-state index contributed by atoms with van der Waals surface area (Å²) in [6.07, 6.45) is 8.53. The second-order valence-corrected chi connectivity index (χ2v) is 6.04. The largest absolute Gasteiger partial charge is 0.317 e. The maximum Gasteiger partial charge on any atom is 0.294 e. The Morgan fingerprint density at radius 1 is 1.24 bits per heavy atom. The highest BCUT2D eigenvalue weighted by Gasteiger charge is 2.34. The first-order valence-corrected chi connectivity index (χ1v) is 7.94. The van der Waals surface area contributed by atoms with Crippen LogP contribution in [-0.4, -0.2) is 32.1 Å². The third-order valence-corrected chi connectivity index (χ3v) is 4.43. The maximum absolute atomic E-state index is 12.2. The molecular formula is C17H11N3O4S. The van der Waals surface area contributed by atoms with Gasteiger partial charge in [-0.1, -0.05) is 5.92 Å². The summed E-state index contributed by atoms with van der Waals surface area (Å²) in [5, 5.41) is 10.3. The van der Waals surface area contributed by atoms with Gasteiger partial charge in [0.2, 0.25) is 0 Å². The number of rotatable bonds is 4. The number of nitro groups is 1. The van der Waals surface area contributed by atoms with Crippen LogP contribution < -0.4 is 0 Å². The van der Waals surface area contributed by atoms with E-state index in [1.165, 1.54) is 12.1 Å². The number of thioether (sulfide) groups is 1. The third kappa shape index (κ3) is 3.18. The fourth-order valence-corrected chi connectivity index (χ4v) is 3.17. The van der Waals surface area contributed by atoms with E-state index in [4.69, 9.17) is 6.42 Å². The Labute approximate surface area is 147 Å². The van der Waals surface area contributed by atoms with Gasteiger partial charge in [-0.25, -0.2) is 0 Å². The molecule has 0 bridgehead atoms. The zero-order chi connectivity index (χ0) is 18.0. The standard InChI is InChI=1S/C17H11N3O4S/c1-2-9-19-16(21)15(25-17(19)22)11-14-4-3-10-18(14)12-5-7-13(8-6-12)20(23)24/h1,3-8,10-11H,9H2/b15-11+. The summed E-state index contributed by atoms with van der Waals surface area (Å²) < 4.78 is 1.76. The molecule has 1 aromatic carbocycles. The van der Waals surface area contributed by atoms with Crippen LogP contribution in [0.1, 0.15) is 5.69 Å². The average Bonchev–Trinajstić information content (AvgIpc) is 3.16. The third-order valence-electron chi connectivity index (χ3n) is 3.52. The number of nitro benzene ring substituents is 1. The van der Waals surface area contributed by atoms with Gasteiger partial charge in [0.05, 0.1) is 16.4 Å². The lowest BCUT2D eigenvalue weighted by atomic mass is 10.2. The Hall–Kier alpha value is -3.31. The highest BCUT2D eigenvalue weighted by Crippen LogP contribution is 2.32. The van der Waals surface area contributed by atoms with Gasteiger partial charge < -0.3 is 4.57 Å². The number of hydrogen-bond donors (Lipinski definition) is 0. The van der Waals surface area contributed by atoms with Crippen LogP contribution in [0.25, 0.3) is 11.8 Å². The molecule has 0 aliphatic carbocycles. The Morgan fingerprint density at radius 2 is 1.96 bits per heavy atom. The van der Waals surface area contributed by atoms with E-state index in [-0.39, 0.29) is 17.1 Å². The molecule has 3 rings (SSSR count). The van der Waals surface area contributed by atoms with Crippen LogP contribution in [0.5, 0.6) is 0 Å². The average molecular weight is 353 g/mol. The van der Waals surface area contributed by atoms with Crippen molar-refractivity contribution >= 4 is 34.7 Å². The SMILES string of the molecule is C#CCN1C(=O)S/C(=C/c2cccn2-c2ccc([N+](=O)[O-])cc2)C1=O. The van der Waals surface area contributed by atoms with Gasteiger partial charge in [-0.05, 0) is 42.1 Å². The predicted molar refractivity (Wildman–Crippen MR) is 93.9 cm³/mol. The van der Waals surface area contributed by atoms with Gasteiger partial charge >= 0.3 is 0 Å². The van der Waals surface area contributed by atoms with Gasteiger partial charge in [0.15, 0.2) is 0 Å². The number of aromatic nitrogens is 1. The van der Waals surface area contributed by atoms with Gasteiger partial charge in [-0.15, -0.1) is 6.42 Å². The van der Waals surface area contributed by atoms with Crippen LogP contribution in [0.2, 0.25) is 0 Å². The number of hydrogen-bond acceptors (Lipinski definition) is 5. The monoisotopic (exact) mass is 353 g/mol. The van der Waals surface area contributed by atoms with Gasteiger partial charge in [-0.3, -0.25) is 24.6 Å². The Bertz CT molecular complexity index is 938. The van der Waals surface area contributed by atoms with Crippen LogP contribution in [0.4, 0.5) is 10.5 Å². The Kier molecular flexibility index (Phi) is 4.41.